The molecule has 1 aromatic heterocycles. The normalized spacial score (nSPS) is 15.3. The number of amides is 2. The molecule has 0 atom stereocenters. The number of rotatable bonds is 4. The van der Waals surface area contributed by atoms with E-state index in [2.05, 4.69) is 46.9 Å². The molecular weight excluding hydrogens is 302 g/mol. The topological polar surface area (TPSA) is 62.2 Å². The van der Waals surface area contributed by atoms with E-state index in [1.54, 1.807) is 10.7 Å². The van der Waals surface area contributed by atoms with Gasteiger partial charge in [-0.15, -0.1) is 0 Å². The average Bonchev–Trinajstić information content (AvgIpc) is 2.99. The van der Waals surface area contributed by atoms with Crippen molar-refractivity contribution in [3.05, 3.63) is 42.1 Å². The fourth-order valence-corrected chi connectivity index (χ4v) is 3.04. The first-order chi connectivity index (χ1) is 11.6. The first-order valence-corrected chi connectivity index (χ1v) is 8.47. The number of aromatic nitrogens is 2. The Balaban J connectivity index is 1.44. The number of carbonyl (C=O) groups excluding carboxylic acids is 1. The van der Waals surface area contributed by atoms with Gasteiger partial charge in [0.2, 0.25) is 0 Å². The number of benzene rings is 1. The zero-order valence-electron chi connectivity index (χ0n) is 14.3. The Kier molecular flexibility index (Phi) is 5.03. The first-order valence-electron chi connectivity index (χ1n) is 8.47. The molecule has 0 radical (unpaired) electrons. The lowest BCUT2D eigenvalue weighted by atomic mass is 9.97. The summed E-state index contributed by atoms with van der Waals surface area (Å²) in [5.41, 5.74) is 2.47. The zero-order valence-corrected chi connectivity index (χ0v) is 14.3. The SMILES string of the molecule is Cc1ccccc1NCC1CCN(C(=O)Nc2ccn(C)n2)CC1. The van der Waals surface area contributed by atoms with Gasteiger partial charge in [0.25, 0.3) is 0 Å². The minimum Gasteiger partial charge on any atom is -0.385 e. The van der Waals surface area contributed by atoms with Crippen molar-refractivity contribution in [2.45, 2.75) is 19.8 Å². The summed E-state index contributed by atoms with van der Waals surface area (Å²) in [6.07, 6.45) is 3.86. The van der Waals surface area contributed by atoms with Crippen molar-refractivity contribution < 1.29 is 4.79 Å². The summed E-state index contributed by atoms with van der Waals surface area (Å²) in [4.78, 5) is 14.1. The van der Waals surface area contributed by atoms with Gasteiger partial charge in [0, 0.05) is 44.6 Å². The number of nitrogens with one attached hydrogen (secondary N) is 2. The third-order valence-corrected chi connectivity index (χ3v) is 4.58. The molecular formula is C18H25N5O. The Morgan fingerprint density at radius 1 is 1.25 bits per heavy atom. The van der Waals surface area contributed by atoms with Crippen LogP contribution in [-0.4, -0.2) is 40.3 Å². The fraction of sp³-hybridized carbons (Fsp3) is 0.444. The standard InChI is InChI=1S/C18H25N5O/c1-14-5-3-4-6-16(14)19-13-15-7-11-23(12-8-15)18(24)20-17-9-10-22(2)21-17/h3-6,9-10,15,19H,7-8,11-13H2,1-2H3,(H,20,21,24). The van der Waals surface area contributed by atoms with Crippen LogP contribution in [0.25, 0.3) is 0 Å². The number of urea groups is 1. The maximum absolute atomic E-state index is 12.3. The van der Waals surface area contributed by atoms with Gasteiger partial charge in [-0.1, -0.05) is 18.2 Å². The summed E-state index contributed by atoms with van der Waals surface area (Å²) in [5.74, 6) is 1.20. The second-order valence-electron chi connectivity index (χ2n) is 6.43. The molecule has 0 unspecified atom stereocenters. The van der Waals surface area contributed by atoms with Crippen LogP contribution in [0.3, 0.4) is 0 Å². The predicted molar refractivity (Wildman–Crippen MR) is 96.2 cm³/mol. The molecule has 0 bridgehead atoms. The molecule has 2 aromatic rings. The smallest absolute Gasteiger partial charge is 0.323 e. The van der Waals surface area contributed by atoms with E-state index in [4.69, 9.17) is 0 Å². The van der Waals surface area contributed by atoms with Gasteiger partial charge in [-0.2, -0.15) is 5.10 Å². The molecule has 3 rings (SSSR count). The Morgan fingerprint density at radius 2 is 2.00 bits per heavy atom. The lowest BCUT2D eigenvalue weighted by Crippen LogP contribution is -2.42. The molecule has 2 heterocycles. The second-order valence-corrected chi connectivity index (χ2v) is 6.43. The molecule has 128 valence electrons. The molecule has 6 heteroatoms. The second kappa shape index (κ2) is 7.38. The fourth-order valence-electron chi connectivity index (χ4n) is 3.04. The van der Waals surface area contributed by atoms with E-state index in [-0.39, 0.29) is 6.03 Å². The first kappa shape index (κ1) is 16.4. The Morgan fingerprint density at radius 3 is 2.67 bits per heavy atom. The highest BCUT2D eigenvalue weighted by Crippen LogP contribution is 2.20. The lowest BCUT2D eigenvalue weighted by molar-refractivity contribution is 0.185. The number of piperidine rings is 1. The van der Waals surface area contributed by atoms with Crippen LogP contribution >= 0.6 is 0 Å². The highest BCUT2D eigenvalue weighted by atomic mass is 16.2. The Hall–Kier alpha value is -2.50. The Labute approximate surface area is 142 Å². The zero-order chi connectivity index (χ0) is 16.9. The minimum atomic E-state index is -0.0565. The van der Waals surface area contributed by atoms with Crippen molar-refractivity contribution in [3.63, 3.8) is 0 Å². The van der Waals surface area contributed by atoms with Crippen LogP contribution in [0.2, 0.25) is 0 Å². The molecule has 2 N–H and O–H groups in total. The van der Waals surface area contributed by atoms with Crippen molar-refractivity contribution in [3.8, 4) is 0 Å². The van der Waals surface area contributed by atoms with Crippen LogP contribution in [0.1, 0.15) is 18.4 Å². The maximum atomic E-state index is 12.3. The van der Waals surface area contributed by atoms with E-state index in [9.17, 15) is 4.79 Å². The van der Waals surface area contributed by atoms with Crippen molar-refractivity contribution in [2.24, 2.45) is 13.0 Å². The third kappa shape index (κ3) is 4.07. The van der Waals surface area contributed by atoms with Crippen LogP contribution in [0.4, 0.5) is 16.3 Å². The third-order valence-electron chi connectivity index (χ3n) is 4.58. The number of aryl methyl sites for hydroxylation is 2. The summed E-state index contributed by atoms with van der Waals surface area (Å²) >= 11 is 0. The van der Waals surface area contributed by atoms with Crippen LogP contribution in [0.15, 0.2) is 36.5 Å². The van der Waals surface area contributed by atoms with Gasteiger partial charge in [0.1, 0.15) is 0 Å². The summed E-state index contributed by atoms with van der Waals surface area (Å²) < 4.78 is 1.68. The monoisotopic (exact) mass is 327 g/mol. The van der Waals surface area contributed by atoms with E-state index in [0.29, 0.717) is 11.7 Å². The van der Waals surface area contributed by atoms with Gasteiger partial charge in [-0.05, 0) is 37.3 Å². The van der Waals surface area contributed by atoms with Crippen molar-refractivity contribution in [1.29, 1.82) is 0 Å². The van der Waals surface area contributed by atoms with Crippen LogP contribution in [0, 0.1) is 12.8 Å². The number of likely N-dealkylation sites (tertiary alicyclic amines) is 1. The molecule has 1 saturated heterocycles. The van der Waals surface area contributed by atoms with Crippen molar-refractivity contribution >= 4 is 17.5 Å². The number of hydrogen-bond donors (Lipinski definition) is 2. The molecule has 1 aliphatic heterocycles. The Bertz CT molecular complexity index is 688. The number of nitrogens with zero attached hydrogens (tertiary/aromatic N) is 3. The summed E-state index contributed by atoms with van der Waals surface area (Å²) in [6, 6.07) is 10.1. The summed E-state index contributed by atoms with van der Waals surface area (Å²) in [5, 5.41) is 10.6. The number of hydrogen-bond acceptors (Lipinski definition) is 3. The van der Waals surface area contributed by atoms with E-state index < -0.39 is 0 Å². The van der Waals surface area contributed by atoms with E-state index in [1.807, 2.05) is 18.1 Å². The molecule has 0 aliphatic carbocycles. The molecule has 1 fully saturated rings. The van der Waals surface area contributed by atoms with E-state index in [1.165, 1.54) is 11.3 Å². The van der Waals surface area contributed by atoms with Crippen LogP contribution in [-0.2, 0) is 7.05 Å². The molecule has 6 nitrogen and oxygen atoms in total. The quantitative estimate of drug-likeness (QED) is 0.907. The number of anilines is 2. The molecule has 24 heavy (non-hydrogen) atoms. The van der Waals surface area contributed by atoms with Gasteiger partial charge in [0.15, 0.2) is 5.82 Å². The van der Waals surface area contributed by atoms with Gasteiger partial charge < -0.3 is 10.2 Å². The average molecular weight is 327 g/mol. The molecule has 0 saturated carbocycles. The minimum absolute atomic E-state index is 0.0565. The number of para-hydroxylation sites is 1. The van der Waals surface area contributed by atoms with Gasteiger partial charge in [-0.3, -0.25) is 10.00 Å². The van der Waals surface area contributed by atoms with E-state index in [0.717, 1.165) is 32.5 Å². The maximum Gasteiger partial charge on any atom is 0.323 e. The van der Waals surface area contributed by atoms with Crippen LogP contribution < -0.4 is 10.6 Å². The molecule has 1 aliphatic rings. The van der Waals surface area contributed by atoms with Gasteiger partial charge in [-0.25, -0.2) is 4.79 Å². The molecule has 1 aromatic carbocycles. The van der Waals surface area contributed by atoms with Crippen LogP contribution in [0.5, 0.6) is 0 Å². The summed E-state index contributed by atoms with van der Waals surface area (Å²) in [6.45, 7) is 4.66. The number of carbonyl (C=O) groups is 1. The van der Waals surface area contributed by atoms with Crippen molar-refractivity contribution in [2.75, 3.05) is 30.3 Å². The largest absolute Gasteiger partial charge is 0.385 e. The van der Waals surface area contributed by atoms with E-state index >= 15 is 0 Å². The van der Waals surface area contributed by atoms with Gasteiger partial charge >= 0.3 is 6.03 Å². The molecule has 0 spiro atoms. The lowest BCUT2D eigenvalue weighted by Gasteiger charge is -2.32. The predicted octanol–water partition coefficient (Wildman–Crippen LogP) is 3.08. The van der Waals surface area contributed by atoms with Crippen molar-refractivity contribution in [1.82, 2.24) is 14.7 Å². The highest BCUT2D eigenvalue weighted by molar-refractivity contribution is 5.88. The summed E-state index contributed by atoms with van der Waals surface area (Å²) in [7, 11) is 1.84. The van der Waals surface area contributed by atoms with Gasteiger partial charge in [0.05, 0.1) is 0 Å². The highest BCUT2D eigenvalue weighted by Gasteiger charge is 2.23. The molecule has 2 amide bonds.